The molecular weight excluding hydrogens is 574 g/mol. The minimum Gasteiger partial charge on any atom is -0.460 e. The molecular formula is C35H69N3O7. The second kappa shape index (κ2) is 24.0. The smallest absolute Gasteiger partial charge is 0.306 e. The van der Waals surface area contributed by atoms with Gasteiger partial charge in [-0.1, -0.05) is 41.0 Å². The number of nitrogens with one attached hydrogen (secondary N) is 3. The molecule has 0 aromatic rings. The third-order valence-corrected chi connectivity index (χ3v) is 6.77. The van der Waals surface area contributed by atoms with Crippen LogP contribution in [0.3, 0.4) is 0 Å². The lowest BCUT2D eigenvalue weighted by Gasteiger charge is -2.27. The van der Waals surface area contributed by atoms with E-state index >= 15 is 0 Å². The molecule has 0 radical (unpaired) electrons. The first-order valence-corrected chi connectivity index (χ1v) is 17.2. The van der Waals surface area contributed by atoms with E-state index in [1.807, 2.05) is 41.5 Å². The number of hydrogen-bond donors (Lipinski definition) is 3. The topological polar surface area (TPSA) is 132 Å². The summed E-state index contributed by atoms with van der Waals surface area (Å²) in [5, 5.41) is 8.56. The van der Waals surface area contributed by atoms with Crippen molar-refractivity contribution in [2.24, 2.45) is 5.92 Å². The van der Waals surface area contributed by atoms with E-state index in [9.17, 15) is 19.2 Å². The molecule has 10 heteroatoms. The molecule has 0 saturated heterocycles. The lowest BCUT2D eigenvalue weighted by atomic mass is 10.0. The van der Waals surface area contributed by atoms with E-state index < -0.39 is 17.2 Å². The molecule has 45 heavy (non-hydrogen) atoms. The average Bonchev–Trinajstić information content (AvgIpc) is 2.90. The first kappa shape index (κ1) is 44.9. The SMILES string of the molecule is CC.CCCCOC(C)(C)CCNC(=O)CCC(NC(=O)CCCC(=O)OC(C)(C)C)C(=O)NCCC(C)(C)OCCC(C)C. The maximum absolute atomic E-state index is 13.1. The van der Waals surface area contributed by atoms with Gasteiger partial charge >= 0.3 is 5.97 Å². The number of rotatable bonds is 23. The Kier molecular flexibility index (Phi) is 24.0. The number of esters is 1. The van der Waals surface area contributed by atoms with E-state index in [1.165, 1.54) is 0 Å². The van der Waals surface area contributed by atoms with Gasteiger partial charge in [-0.3, -0.25) is 19.2 Å². The van der Waals surface area contributed by atoms with E-state index in [2.05, 4.69) is 36.7 Å². The number of unbranched alkanes of at least 4 members (excludes halogenated alkanes) is 1. The Hall–Kier alpha value is -2.20. The fourth-order valence-electron chi connectivity index (χ4n) is 4.01. The van der Waals surface area contributed by atoms with Crippen LogP contribution in [0.5, 0.6) is 0 Å². The van der Waals surface area contributed by atoms with Crippen molar-refractivity contribution in [3.63, 3.8) is 0 Å². The summed E-state index contributed by atoms with van der Waals surface area (Å²) in [7, 11) is 0. The average molecular weight is 644 g/mol. The molecule has 0 aliphatic carbocycles. The van der Waals surface area contributed by atoms with E-state index in [1.54, 1.807) is 20.8 Å². The quantitative estimate of drug-likeness (QED) is 0.0887. The summed E-state index contributed by atoms with van der Waals surface area (Å²) in [6.45, 7) is 25.9. The Morgan fingerprint density at radius 3 is 1.78 bits per heavy atom. The first-order chi connectivity index (χ1) is 20.9. The van der Waals surface area contributed by atoms with Crippen LogP contribution in [0.4, 0.5) is 0 Å². The highest BCUT2D eigenvalue weighted by Gasteiger charge is 2.25. The van der Waals surface area contributed by atoms with E-state index in [0.29, 0.717) is 51.5 Å². The van der Waals surface area contributed by atoms with Crippen molar-refractivity contribution in [3.8, 4) is 0 Å². The van der Waals surface area contributed by atoms with Crippen molar-refractivity contribution in [3.05, 3.63) is 0 Å². The number of hydrogen-bond acceptors (Lipinski definition) is 7. The minimum absolute atomic E-state index is 0.0685. The molecule has 0 heterocycles. The number of carbonyl (C=O) groups is 4. The zero-order valence-electron chi connectivity index (χ0n) is 30.9. The van der Waals surface area contributed by atoms with Crippen LogP contribution in [0.25, 0.3) is 0 Å². The van der Waals surface area contributed by atoms with Crippen LogP contribution in [-0.2, 0) is 33.4 Å². The standard InChI is InChI=1S/C33H63N3O7.C2H6/c1-11-12-23-41-32(7,8)19-21-34-27(37)17-16-26(36-28(38)14-13-15-29(39)43-31(4,5)6)30(40)35-22-20-33(9,10)42-24-18-25(2)3;1-2/h25-26H,11-24H2,1-10H3,(H,34,37)(H,35,40)(H,36,38);1-2H3. The lowest BCUT2D eigenvalue weighted by molar-refractivity contribution is -0.155. The summed E-state index contributed by atoms with van der Waals surface area (Å²) < 4.78 is 17.2. The largest absolute Gasteiger partial charge is 0.460 e. The Bertz CT molecular complexity index is 836. The number of carbonyl (C=O) groups excluding carboxylic acids is 4. The van der Waals surface area contributed by atoms with Gasteiger partial charge in [0.15, 0.2) is 0 Å². The van der Waals surface area contributed by atoms with Gasteiger partial charge < -0.3 is 30.2 Å². The van der Waals surface area contributed by atoms with Crippen LogP contribution in [0.2, 0.25) is 0 Å². The zero-order chi connectivity index (χ0) is 35.1. The highest BCUT2D eigenvalue weighted by atomic mass is 16.6. The summed E-state index contributed by atoms with van der Waals surface area (Å²) in [6, 6.07) is -0.876. The molecule has 0 fully saturated rings. The van der Waals surface area contributed by atoms with Crippen molar-refractivity contribution in [2.45, 2.75) is 170 Å². The lowest BCUT2D eigenvalue weighted by Crippen LogP contribution is -2.48. The fourth-order valence-corrected chi connectivity index (χ4v) is 4.01. The molecule has 3 amide bonds. The molecule has 0 aromatic heterocycles. The third kappa shape index (κ3) is 27.8. The normalized spacial score (nSPS) is 12.6. The van der Waals surface area contributed by atoms with Crippen LogP contribution in [0.15, 0.2) is 0 Å². The van der Waals surface area contributed by atoms with Gasteiger partial charge in [0.25, 0.3) is 0 Å². The number of ether oxygens (including phenoxy) is 3. The van der Waals surface area contributed by atoms with E-state index in [4.69, 9.17) is 14.2 Å². The molecule has 1 atom stereocenters. The monoisotopic (exact) mass is 644 g/mol. The van der Waals surface area contributed by atoms with Crippen molar-refractivity contribution in [1.29, 1.82) is 0 Å². The second-order valence-corrected chi connectivity index (χ2v) is 14.0. The number of amides is 3. The van der Waals surface area contributed by atoms with Gasteiger partial charge in [-0.2, -0.15) is 0 Å². The van der Waals surface area contributed by atoms with Gasteiger partial charge in [0.05, 0.1) is 11.2 Å². The summed E-state index contributed by atoms with van der Waals surface area (Å²) >= 11 is 0. The predicted octanol–water partition coefficient (Wildman–Crippen LogP) is 6.24. The highest BCUT2D eigenvalue weighted by molar-refractivity contribution is 5.88. The zero-order valence-corrected chi connectivity index (χ0v) is 30.9. The van der Waals surface area contributed by atoms with Crippen LogP contribution in [0.1, 0.15) is 147 Å². The molecule has 0 bridgehead atoms. The van der Waals surface area contributed by atoms with Crippen molar-refractivity contribution in [1.82, 2.24) is 16.0 Å². The molecule has 1 unspecified atom stereocenters. The molecule has 0 saturated carbocycles. The van der Waals surface area contributed by atoms with E-state index in [-0.39, 0.29) is 55.0 Å². The molecule has 266 valence electrons. The van der Waals surface area contributed by atoms with E-state index in [0.717, 1.165) is 19.3 Å². The summed E-state index contributed by atoms with van der Waals surface area (Å²) in [5.41, 5.74) is -1.34. The van der Waals surface area contributed by atoms with Crippen LogP contribution < -0.4 is 16.0 Å². The molecule has 0 aromatic carbocycles. The molecule has 0 rings (SSSR count). The second-order valence-electron chi connectivity index (χ2n) is 14.0. The third-order valence-electron chi connectivity index (χ3n) is 6.77. The molecule has 10 nitrogen and oxygen atoms in total. The fraction of sp³-hybridized carbons (Fsp3) is 0.886. The Balaban J connectivity index is 0. The van der Waals surface area contributed by atoms with Crippen LogP contribution in [0, 0.1) is 5.92 Å². The minimum atomic E-state index is -0.876. The van der Waals surface area contributed by atoms with Gasteiger partial charge in [-0.25, -0.2) is 0 Å². The summed E-state index contributed by atoms with van der Waals surface area (Å²) in [6.07, 6.45) is 4.99. The van der Waals surface area contributed by atoms with Crippen LogP contribution in [-0.4, -0.2) is 72.8 Å². The highest BCUT2D eigenvalue weighted by Crippen LogP contribution is 2.16. The van der Waals surface area contributed by atoms with Crippen molar-refractivity contribution < 1.29 is 33.4 Å². The van der Waals surface area contributed by atoms with Gasteiger partial charge in [-0.05, 0) is 92.9 Å². The maximum atomic E-state index is 13.1. The Morgan fingerprint density at radius 1 is 0.689 bits per heavy atom. The van der Waals surface area contributed by atoms with Crippen LogP contribution >= 0.6 is 0 Å². The first-order valence-electron chi connectivity index (χ1n) is 17.2. The van der Waals surface area contributed by atoms with Gasteiger partial charge in [0.1, 0.15) is 11.6 Å². The summed E-state index contributed by atoms with van der Waals surface area (Å²) in [4.78, 5) is 50.4. The van der Waals surface area contributed by atoms with Crippen molar-refractivity contribution in [2.75, 3.05) is 26.3 Å². The van der Waals surface area contributed by atoms with Gasteiger partial charge in [0, 0.05) is 45.6 Å². The Morgan fingerprint density at radius 2 is 1.24 bits per heavy atom. The predicted molar refractivity (Wildman–Crippen MR) is 182 cm³/mol. The maximum Gasteiger partial charge on any atom is 0.306 e. The summed E-state index contributed by atoms with van der Waals surface area (Å²) in [5.74, 6) is -0.722. The van der Waals surface area contributed by atoms with Gasteiger partial charge in [0.2, 0.25) is 17.7 Å². The molecule has 0 aliphatic rings. The Labute approximate surface area is 275 Å². The van der Waals surface area contributed by atoms with Gasteiger partial charge in [-0.15, -0.1) is 0 Å². The molecule has 0 spiro atoms. The van der Waals surface area contributed by atoms with Crippen molar-refractivity contribution >= 4 is 23.7 Å². The molecule has 0 aliphatic heterocycles. The molecule has 3 N–H and O–H groups in total.